The first-order chi connectivity index (χ1) is 7.83. The van der Waals surface area contributed by atoms with Crippen LogP contribution in [0.3, 0.4) is 0 Å². The molecule has 0 radical (unpaired) electrons. The normalized spacial score (nSPS) is 34.2. The van der Waals surface area contributed by atoms with E-state index in [0.29, 0.717) is 11.8 Å². The molecule has 1 saturated heterocycles. The van der Waals surface area contributed by atoms with E-state index in [0.717, 1.165) is 19.6 Å². The number of nitrogens with zero attached hydrogens (tertiary/aromatic N) is 1. The smallest absolute Gasteiger partial charge is 0.0620 e. The van der Waals surface area contributed by atoms with Gasteiger partial charge < -0.3 is 5.11 Å². The van der Waals surface area contributed by atoms with Gasteiger partial charge in [0.15, 0.2) is 0 Å². The van der Waals surface area contributed by atoms with Crippen LogP contribution >= 0.6 is 0 Å². The van der Waals surface area contributed by atoms with Crippen LogP contribution in [0.25, 0.3) is 0 Å². The largest absolute Gasteiger partial charge is 0.392 e. The monoisotopic (exact) mass is 217 g/mol. The second kappa shape index (κ2) is 4.19. The fraction of sp³-hybridized carbons (Fsp3) is 0.571. The van der Waals surface area contributed by atoms with E-state index < -0.39 is 0 Å². The maximum atomic E-state index is 9.97. The van der Waals surface area contributed by atoms with E-state index in [2.05, 4.69) is 35.2 Å². The predicted molar refractivity (Wildman–Crippen MR) is 63.9 cm³/mol. The van der Waals surface area contributed by atoms with Gasteiger partial charge in [-0.1, -0.05) is 30.3 Å². The summed E-state index contributed by atoms with van der Waals surface area (Å²) in [4.78, 5) is 2.50. The minimum Gasteiger partial charge on any atom is -0.392 e. The molecule has 0 unspecified atom stereocenters. The third kappa shape index (κ3) is 1.87. The number of piperidine rings is 1. The third-order valence-corrected chi connectivity index (χ3v) is 4.11. The molecule has 1 aromatic carbocycles. The van der Waals surface area contributed by atoms with Crippen molar-refractivity contribution >= 4 is 0 Å². The number of benzene rings is 1. The van der Waals surface area contributed by atoms with Crippen molar-refractivity contribution < 1.29 is 5.11 Å². The Morgan fingerprint density at radius 1 is 1.06 bits per heavy atom. The number of likely N-dealkylation sites (tertiary alicyclic amines) is 1. The highest BCUT2D eigenvalue weighted by Crippen LogP contribution is 2.37. The van der Waals surface area contributed by atoms with Gasteiger partial charge in [0.05, 0.1) is 6.10 Å². The fourth-order valence-corrected chi connectivity index (χ4v) is 3.26. The summed E-state index contributed by atoms with van der Waals surface area (Å²) >= 11 is 0. The topological polar surface area (TPSA) is 23.5 Å². The summed E-state index contributed by atoms with van der Waals surface area (Å²) in [7, 11) is 0. The standard InChI is InChI=1S/C14H19NO/c16-14-12-6-7-13(14)10-15(9-12)8-11-4-2-1-3-5-11/h1-5,12-14,16H,6-10H2/t12-,13+,14-. The molecule has 1 aromatic rings. The van der Waals surface area contributed by atoms with Crippen LogP contribution in [0.5, 0.6) is 0 Å². The molecule has 1 heterocycles. The molecule has 3 rings (SSSR count). The summed E-state index contributed by atoms with van der Waals surface area (Å²) in [5.41, 5.74) is 1.39. The van der Waals surface area contributed by atoms with Crippen molar-refractivity contribution in [3.05, 3.63) is 35.9 Å². The molecule has 2 fully saturated rings. The lowest BCUT2D eigenvalue weighted by atomic mass is 9.95. The first-order valence-electron chi connectivity index (χ1n) is 6.27. The van der Waals surface area contributed by atoms with Gasteiger partial charge in [0.25, 0.3) is 0 Å². The molecule has 1 aliphatic heterocycles. The number of aliphatic hydroxyl groups is 1. The zero-order chi connectivity index (χ0) is 11.0. The Balaban J connectivity index is 1.66. The molecular formula is C14H19NO. The lowest BCUT2D eigenvalue weighted by Crippen LogP contribution is -2.44. The van der Waals surface area contributed by atoms with E-state index in [1.165, 1.54) is 18.4 Å². The number of fused-ring (bicyclic) bond motifs is 2. The van der Waals surface area contributed by atoms with Crippen LogP contribution in [-0.2, 0) is 6.54 Å². The van der Waals surface area contributed by atoms with E-state index in [1.807, 2.05) is 0 Å². The van der Waals surface area contributed by atoms with Gasteiger partial charge in [-0.25, -0.2) is 0 Å². The molecule has 0 spiro atoms. The van der Waals surface area contributed by atoms with Gasteiger partial charge in [0.2, 0.25) is 0 Å². The SMILES string of the molecule is O[C@@H]1[C@@H]2CC[C@H]1CN(Cc1ccccc1)C2. The Labute approximate surface area is 96.9 Å². The van der Waals surface area contributed by atoms with Gasteiger partial charge in [-0.15, -0.1) is 0 Å². The van der Waals surface area contributed by atoms with Gasteiger partial charge in [-0.3, -0.25) is 4.90 Å². The molecular weight excluding hydrogens is 198 g/mol. The first-order valence-corrected chi connectivity index (χ1v) is 6.27. The predicted octanol–water partition coefficient (Wildman–Crippen LogP) is 1.89. The zero-order valence-corrected chi connectivity index (χ0v) is 9.55. The second-order valence-electron chi connectivity index (χ2n) is 5.27. The third-order valence-electron chi connectivity index (χ3n) is 4.11. The van der Waals surface area contributed by atoms with Crippen LogP contribution in [0.1, 0.15) is 18.4 Å². The summed E-state index contributed by atoms with van der Waals surface area (Å²) in [5.74, 6) is 1.06. The lowest BCUT2D eigenvalue weighted by molar-refractivity contribution is 0.0139. The highest BCUT2D eigenvalue weighted by Gasteiger charge is 2.40. The van der Waals surface area contributed by atoms with Crippen molar-refractivity contribution in [3.63, 3.8) is 0 Å². The number of hydrogen-bond donors (Lipinski definition) is 1. The van der Waals surface area contributed by atoms with E-state index in [1.54, 1.807) is 0 Å². The summed E-state index contributed by atoms with van der Waals surface area (Å²) in [6.07, 6.45) is 2.42. The summed E-state index contributed by atoms with van der Waals surface area (Å²) in [6.45, 7) is 3.19. The van der Waals surface area contributed by atoms with Crippen LogP contribution in [0, 0.1) is 11.8 Å². The van der Waals surface area contributed by atoms with Gasteiger partial charge in [-0.2, -0.15) is 0 Å². The second-order valence-corrected chi connectivity index (χ2v) is 5.27. The Morgan fingerprint density at radius 3 is 2.31 bits per heavy atom. The van der Waals surface area contributed by atoms with Gasteiger partial charge in [0.1, 0.15) is 0 Å². The van der Waals surface area contributed by atoms with Crippen LogP contribution in [0.4, 0.5) is 0 Å². The Morgan fingerprint density at radius 2 is 1.69 bits per heavy atom. The minimum atomic E-state index is -0.0213. The van der Waals surface area contributed by atoms with Crippen molar-refractivity contribution in [3.8, 4) is 0 Å². The van der Waals surface area contributed by atoms with Crippen LogP contribution in [-0.4, -0.2) is 29.2 Å². The first kappa shape index (κ1) is 10.3. The molecule has 3 atom stereocenters. The molecule has 2 heteroatoms. The molecule has 1 saturated carbocycles. The van der Waals surface area contributed by atoms with Crippen LogP contribution < -0.4 is 0 Å². The average Bonchev–Trinajstić information content (AvgIpc) is 2.54. The molecule has 0 amide bonds. The van der Waals surface area contributed by atoms with E-state index in [4.69, 9.17) is 0 Å². The Kier molecular flexibility index (Phi) is 2.70. The highest BCUT2D eigenvalue weighted by atomic mass is 16.3. The minimum absolute atomic E-state index is 0.0213. The van der Waals surface area contributed by atoms with Crippen molar-refractivity contribution in [1.29, 1.82) is 0 Å². The molecule has 86 valence electrons. The quantitative estimate of drug-likeness (QED) is 0.817. The Bertz CT molecular complexity index is 337. The molecule has 1 aliphatic carbocycles. The lowest BCUT2D eigenvalue weighted by Gasteiger charge is -2.35. The van der Waals surface area contributed by atoms with Crippen molar-refractivity contribution in [2.24, 2.45) is 11.8 Å². The number of aliphatic hydroxyl groups excluding tert-OH is 1. The van der Waals surface area contributed by atoms with Crippen LogP contribution in [0.2, 0.25) is 0 Å². The molecule has 2 nitrogen and oxygen atoms in total. The molecule has 1 N–H and O–H groups in total. The van der Waals surface area contributed by atoms with E-state index >= 15 is 0 Å². The highest BCUT2D eigenvalue weighted by molar-refractivity contribution is 5.14. The Hall–Kier alpha value is -0.860. The van der Waals surface area contributed by atoms with Crippen molar-refractivity contribution in [1.82, 2.24) is 4.90 Å². The maximum absolute atomic E-state index is 9.97. The van der Waals surface area contributed by atoms with Gasteiger partial charge in [0, 0.05) is 19.6 Å². The number of rotatable bonds is 2. The van der Waals surface area contributed by atoms with Crippen molar-refractivity contribution in [2.45, 2.75) is 25.5 Å². The molecule has 2 aliphatic rings. The maximum Gasteiger partial charge on any atom is 0.0620 e. The summed E-state index contributed by atoms with van der Waals surface area (Å²) in [5, 5.41) is 9.97. The average molecular weight is 217 g/mol. The van der Waals surface area contributed by atoms with E-state index in [9.17, 15) is 5.11 Å². The fourth-order valence-electron chi connectivity index (χ4n) is 3.26. The summed E-state index contributed by atoms with van der Waals surface area (Å²) < 4.78 is 0. The van der Waals surface area contributed by atoms with Gasteiger partial charge >= 0.3 is 0 Å². The number of hydrogen-bond acceptors (Lipinski definition) is 2. The zero-order valence-electron chi connectivity index (χ0n) is 9.55. The van der Waals surface area contributed by atoms with Crippen LogP contribution in [0.15, 0.2) is 30.3 Å². The summed E-state index contributed by atoms with van der Waals surface area (Å²) in [6, 6.07) is 10.6. The molecule has 0 aromatic heterocycles. The molecule has 16 heavy (non-hydrogen) atoms. The van der Waals surface area contributed by atoms with E-state index in [-0.39, 0.29) is 6.10 Å². The van der Waals surface area contributed by atoms with Crippen molar-refractivity contribution in [2.75, 3.05) is 13.1 Å². The molecule has 2 bridgehead atoms. The van der Waals surface area contributed by atoms with Gasteiger partial charge in [-0.05, 0) is 30.2 Å².